The molecule has 0 radical (unpaired) electrons. The van der Waals surface area contributed by atoms with Gasteiger partial charge in [0.05, 0.1) is 12.7 Å². The van der Waals surface area contributed by atoms with Crippen molar-refractivity contribution in [1.29, 1.82) is 0 Å². The number of aliphatic hydroxyl groups excluding tert-OH is 1. The Hall–Kier alpha value is -1.59. The molecule has 3 N–H and O–H groups in total. The normalized spacial score (nSPS) is 10.7. The van der Waals surface area contributed by atoms with Gasteiger partial charge in [-0.1, -0.05) is 19.1 Å². The molecule has 106 valence electrons. The number of esters is 1. The molecule has 0 amide bonds. The van der Waals surface area contributed by atoms with Crippen molar-refractivity contribution < 1.29 is 14.6 Å². The highest BCUT2D eigenvalue weighted by atomic mass is 16.5. The van der Waals surface area contributed by atoms with Crippen LogP contribution in [0.2, 0.25) is 0 Å². The van der Waals surface area contributed by atoms with Gasteiger partial charge in [-0.25, -0.2) is 4.79 Å². The molecule has 0 saturated heterocycles. The summed E-state index contributed by atoms with van der Waals surface area (Å²) < 4.78 is 4.78. The average Bonchev–Trinajstić information content (AvgIpc) is 2.42. The van der Waals surface area contributed by atoms with Gasteiger partial charge in [0, 0.05) is 25.4 Å². The number of ether oxygens (including phenoxy) is 1. The number of aliphatic hydroxyl groups is 1. The Balaban J connectivity index is 2.93. The number of carbonyl (C=O) groups is 1. The summed E-state index contributed by atoms with van der Waals surface area (Å²) >= 11 is 0. The molecule has 0 aliphatic heterocycles. The number of nitrogen functional groups attached to an aromatic ring is 1. The van der Waals surface area contributed by atoms with Gasteiger partial charge in [-0.3, -0.25) is 4.90 Å². The molecule has 1 rings (SSSR count). The molecule has 1 aromatic carbocycles. The Morgan fingerprint density at radius 2 is 2.21 bits per heavy atom. The summed E-state index contributed by atoms with van der Waals surface area (Å²) in [6.45, 7) is 4.45. The predicted octanol–water partition coefficient (Wildman–Crippen LogP) is 1.26. The highest BCUT2D eigenvalue weighted by Crippen LogP contribution is 2.20. The van der Waals surface area contributed by atoms with Gasteiger partial charge in [0.1, 0.15) is 0 Å². The molecule has 0 bridgehead atoms. The molecule has 0 aliphatic carbocycles. The SMILES string of the molecule is CCN(CCCO)Cc1cccc(N)c1C(=O)OC. The monoisotopic (exact) mass is 266 g/mol. The van der Waals surface area contributed by atoms with Gasteiger partial charge in [0.15, 0.2) is 0 Å². The van der Waals surface area contributed by atoms with Crippen LogP contribution in [-0.2, 0) is 11.3 Å². The maximum absolute atomic E-state index is 11.8. The van der Waals surface area contributed by atoms with Crippen LogP contribution in [0.1, 0.15) is 29.3 Å². The minimum atomic E-state index is -0.411. The van der Waals surface area contributed by atoms with Crippen LogP contribution in [-0.4, -0.2) is 42.8 Å². The molecule has 19 heavy (non-hydrogen) atoms. The van der Waals surface area contributed by atoms with Crippen LogP contribution in [0.15, 0.2) is 18.2 Å². The summed E-state index contributed by atoms with van der Waals surface area (Å²) in [4.78, 5) is 13.9. The molecule has 1 aromatic rings. The van der Waals surface area contributed by atoms with Crippen molar-refractivity contribution in [1.82, 2.24) is 4.90 Å². The number of benzene rings is 1. The van der Waals surface area contributed by atoms with E-state index < -0.39 is 5.97 Å². The summed E-state index contributed by atoms with van der Waals surface area (Å²) in [6, 6.07) is 5.40. The summed E-state index contributed by atoms with van der Waals surface area (Å²) in [5, 5.41) is 8.88. The van der Waals surface area contributed by atoms with Gasteiger partial charge >= 0.3 is 5.97 Å². The zero-order valence-corrected chi connectivity index (χ0v) is 11.6. The third-order valence-corrected chi connectivity index (χ3v) is 3.05. The van der Waals surface area contributed by atoms with Crippen molar-refractivity contribution >= 4 is 11.7 Å². The Morgan fingerprint density at radius 1 is 1.47 bits per heavy atom. The number of hydrogen-bond donors (Lipinski definition) is 2. The molecular weight excluding hydrogens is 244 g/mol. The topological polar surface area (TPSA) is 75.8 Å². The number of rotatable bonds is 7. The van der Waals surface area contributed by atoms with Crippen molar-refractivity contribution in [3.8, 4) is 0 Å². The Labute approximate surface area is 114 Å². The second kappa shape index (κ2) is 7.76. The van der Waals surface area contributed by atoms with E-state index in [1.54, 1.807) is 6.07 Å². The predicted molar refractivity (Wildman–Crippen MR) is 74.8 cm³/mol. The Morgan fingerprint density at radius 3 is 2.79 bits per heavy atom. The lowest BCUT2D eigenvalue weighted by Gasteiger charge is -2.21. The van der Waals surface area contributed by atoms with Gasteiger partial charge < -0.3 is 15.6 Å². The second-order valence-corrected chi connectivity index (χ2v) is 4.32. The first-order valence-electron chi connectivity index (χ1n) is 6.42. The Kier molecular flexibility index (Phi) is 6.32. The van der Waals surface area contributed by atoms with Crippen molar-refractivity contribution in [3.05, 3.63) is 29.3 Å². The second-order valence-electron chi connectivity index (χ2n) is 4.32. The van der Waals surface area contributed by atoms with Gasteiger partial charge in [0.2, 0.25) is 0 Å². The minimum absolute atomic E-state index is 0.164. The molecule has 0 spiro atoms. The van der Waals surface area contributed by atoms with Crippen LogP contribution in [0.4, 0.5) is 5.69 Å². The van der Waals surface area contributed by atoms with E-state index in [0.29, 0.717) is 24.2 Å². The summed E-state index contributed by atoms with van der Waals surface area (Å²) in [5.74, 6) is -0.411. The van der Waals surface area contributed by atoms with E-state index in [9.17, 15) is 4.79 Å². The van der Waals surface area contributed by atoms with Crippen LogP contribution in [0.5, 0.6) is 0 Å². The van der Waals surface area contributed by atoms with Gasteiger partial charge in [-0.2, -0.15) is 0 Å². The van der Waals surface area contributed by atoms with Crippen LogP contribution in [0, 0.1) is 0 Å². The first kappa shape index (κ1) is 15.5. The van der Waals surface area contributed by atoms with E-state index >= 15 is 0 Å². The van der Waals surface area contributed by atoms with E-state index in [1.165, 1.54) is 7.11 Å². The third-order valence-electron chi connectivity index (χ3n) is 3.05. The fourth-order valence-corrected chi connectivity index (χ4v) is 1.99. The molecule has 0 fully saturated rings. The van der Waals surface area contributed by atoms with Crippen molar-refractivity contribution in [2.75, 3.05) is 32.5 Å². The highest BCUT2D eigenvalue weighted by Gasteiger charge is 2.16. The maximum Gasteiger partial charge on any atom is 0.340 e. The summed E-state index contributed by atoms with van der Waals surface area (Å²) in [6.07, 6.45) is 0.712. The summed E-state index contributed by atoms with van der Waals surface area (Å²) in [5.41, 5.74) is 7.58. The van der Waals surface area contributed by atoms with Gasteiger partial charge in [0.25, 0.3) is 0 Å². The van der Waals surface area contributed by atoms with E-state index in [1.807, 2.05) is 19.1 Å². The van der Waals surface area contributed by atoms with E-state index in [2.05, 4.69) is 4.90 Å². The minimum Gasteiger partial charge on any atom is -0.465 e. The molecule has 0 saturated carbocycles. The van der Waals surface area contributed by atoms with Crippen LogP contribution in [0.25, 0.3) is 0 Å². The van der Waals surface area contributed by atoms with Crippen LogP contribution < -0.4 is 5.73 Å². The smallest absolute Gasteiger partial charge is 0.340 e. The lowest BCUT2D eigenvalue weighted by Crippen LogP contribution is -2.26. The van der Waals surface area contributed by atoms with Crippen molar-refractivity contribution in [2.45, 2.75) is 19.9 Å². The van der Waals surface area contributed by atoms with Crippen LogP contribution in [0.3, 0.4) is 0 Å². The highest BCUT2D eigenvalue weighted by molar-refractivity contribution is 5.96. The third kappa shape index (κ3) is 4.22. The molecule has 0 aromatic heterocycles. The first-order valence-corrected chi connectivity index (χ1v) is 6.42. The fraction of sp³-hybridized carbons (Fsp3) is 0.500. The molecule has 5 heteroatoms. The number of methoxy groups -OCH3 is 1. The lowest BCUT2D eigenvalue weighted by atomic mass is 10.0. The number of hydrogen-bond acceptors (Lipinski definition) is 5. The Bertz CT molecular complexity index is 421. The number of nitrogens with two attached hydrogens (primary N) is 1. The molecular formula is C14H22N2O3. The zero-order valence-electron chi connectivity index (χ0n) is 11.6. The molecule has 0 atom stereocenters. The van der Waals surface area contributed by atoms with Gasteiger partial charge in [-0.05, 0) is 24.6 Å². The number of anilines is 1. The van der Waals surface area contributed by atoms with E-state index in [0.717, 1.165) is 18.7 Å². The number of nitrogens with zero attached hydrogens (tertiary/aromatic N) is 1. The summed E-state index contributed by atoms with van der Waals surface area (Å²) in [7, 11) is 1.35. The van der Waals surface area contributed by atoms with Crippen molar-refractivity contribution in [3.63, 3.8) is 0 Å². The van der Waals surface area contributed by atoms with E-state index in [-0.39, 0.29) is 6.61 Å². The standard InChI is InChI=1S/C14H22N2O3/c1-3-16(8-5-9-17)10-11-6-4-7-12(15)13(11)14(18)19-2/h4,6-7,17H,3,5,8-10,15H2,1-2H3. The number of carbonyl (C=O) groups excluding carboxylic acids is 1. The first-order chi connectivity index (χ1) is 9.13. The molecule has 0 unspecified atom stereocenters. The molecule has 5 nitrogen and oxygen atoms in total. The zero-order chi connectivity index (χ0) is 14.3. The van der Waals surface area contributed by atoms with Crippen LogP contribution >= 0.6 is 0 Å². The van der Waals surface area contributed by atoms with Crippen molar-refractivity contribution in [2.24, 2.45) is 0 Å². The van der Waals surface area contributed by atoms with Gasteiger partial charge in [-0.15, -0.1) is 0 Å². The largest absolute Gasteiger partial charge is 0.465 e. The van der Waals surface area contributed by atoms with E-state index in [4.69, 9.17) is 15.6 Å². The molecule has 0 aliphatic rings. The molecule has 0 heterocycles. The lowest BCUT2D eigenvalue weighted by molar-refractivity contribution is 0.0599. The average molecular weight is 266 g/mol. The maximum atomic E-state index is 11.8. The fourth-order valence-electron chi connectivity index (χ4n) is 1.99. The quantitative estimate of drug-likeness (QED) is 0.574.